The molecule has 0 bridgehead atoms. The first-order chi connectivity index (χ1) is 12.6. The smallest absolute Gasteiger partial charge is 0.310 e. The molecule has 1 rings (SSSR count). The van der Waals surface area contributed by atoms with E-state index in [4.69, 9.17) is 9.73 Å². The van der Waals surface area contributed by atoms with E-state index in [0.29, 0.717) is 19.6 Å². The predicted molar refractivity (Wildman–Crippen MR) is 102 cm³/mol. The zero-order valence-corrected chi connectivity index (χ0v) is 16.6. The van der Waals surface area contributed by atoms with Crippen molar-refractivity contribution in [3.63, 3.8) is 0 Å². The topological polar surface area (TPSA) is 80.2 Å². The maximum Gasteiger partial charge on any atom is 0.310 e. The van der Waals surface area contributed by atoms with Gasteiger partial charge < -0.3 is 19.7 Å². The van der Waals surface area contributed by atoms with Gasteiger partial charge in [0.05, 0.1) is 19.6 Å². The van der Waals surface area contributed by atoms with Crippen LogP contribution in [0, 0.1) is 5.92 Å². The summed E-state index contributed by atoms with van der Waals surface area (Å²) < 4.78 is 9.81. The molecule has 0 aromatic carbocycles. The summed E-state index contributed by atoms with van der Waals surface area (Å²) in [4.78, 5) is 30.0. The molecule has 1 aliphatic heterocycles. The van der Waals surface area contributed by atoms with Crippen molar-refractivity contribution in [2.24, 2.45) is 10.9 Å². The Kier molecular flexibility index (Phi) is 11.5. The Balaban J connectivity index is 2.39. The van der Waals surface area contributed by atoms with Crippen molar-refractivity contribution in [2.45, 2.75) is 58.8 Å². The lowest BCUT2D eigenvalue weighted by atomic mass is 9.98. The number of piperidine rings is 1. The molecule has 0 radical (unpaired) electrons. The second-order valence-corrected chi connectivity index (χ2v) is 6.51. The van der Waals surface area contributed by atoms with Crippen molar-refractivity contribution >= 4 is 17.9 Å². The van der Waals surface area contributed by atoms with Gasteiger partial charge in [0, 0.05) is 32.6 Å². The first-order valence-corrected chi connectivity index (χ1v) is 9.89. The lowest BCUT2D eigenvalue weighted by molar-refractivity contribution is -0.149. The van der Waals surface area contributed by atoms with Crippen LogP contribution in [-0.4, -0.2) is 62.7 Å². The number of unbranched alkanes of at least 4 members (excludes halogenated alkanes) is 3. The Bertz CT molecular complexity index is 454. The summed E-state index contributed by atoms with van der Waals surface area (Å²) >= 11 is 0. The fourth-order valence-electron chi connectivity index (χ4n) is 3.07. The number of nitrogens with one attached hydrogen (secondary N) is 1. The molecule has 1 atom stereocenters. The van der Waals surface area contributed by atoms with Crippen LogP contribution < -0.4 is 5.32 Å². The van der Waals surface area contributed by atoms with Crippen molar-refractivity contribution in [1.29, 1.82) is 0 Å². The fourth-order valence-corrected chi connectivity index (χ4v) is 3.07. The van der Waals surface area contributed by atoms with Gasteiger partial charge in [-0.25, -0.2) is 0 Å². The molecule has 1 saturated heterocycles. The third-order valence-corrected chi connectivity index (χ3v) is 4.45. The third-order valence-electron chi connectivity index (χ3n) is 4.45. The van der Waals surface area contributed by atoms with E-state index in [1.165, 1.54) is 7.11 Å². The Morgan fingerprint density at radius 3 is 2.65 bits per heavy atom. The fraction of sp³-hybridized carbons (Fsp3) is 0.842. The highest BCUT2D eigenvalue weighted by molar-refractivity contribution is 5.81. The molecular weight excluding hydrogens is 334 g/mol. The number of guanidine groups is 1. The minimum absolute atomic E-state index is 0.0640. The van der Waals surface area contributed by atoms with Gasteiger partial charge in [-0.3, -0.25) is 14.6 Å². The minimum atomic E-state index is -0.140. The molecule has 1 heterocycles. The van der Waals surface area contributed by atoms with E-state index in [-0.39, 0.29) is 17.9 Å². The Hall–Kier alpha value is -1.79. The number of esters is 2. The van der Waals surface area contributed by atoms with Gasteiger partial charge in [-0.15, -0.1) is 0 Å². The van der Waals surface area contributed by atoms with E-state index >= 15 is 0 Å². The molecule has 26 heavy (non-hydrogen) atoms. The van der Waals surface area contributed by atoms with Crippen LogP contribution in [0.5, 0.6) is 0 Å². The van der Waals surface area contributed by atoms with Gasteiger partial charge in [0.15, 0.2) is 5.96 Å². The van der Waals surface area contributed by atoms with Crippen LogP contribution in [0.4, 0.5) is 0 Å². The normalized spacial score (nSPS) is 17.7. The number of ether oxygens (including phenoxy) is 2. The number of rotatable bonds is 10. The summed E-state index contributed by atoms with van der Waals surface area (Å²) in [6, 6.07) is 0. The van der Waals surface area contributed by atoms with Gasteiger partial charge >= 0.3 is 11.9 Å². The van der Waals surface area contributed by atoms with Gasteiger partial charge in [-0.2, -0.15) is 0 Å². The van der Waals surface area contributed by atoms with Crippen LogP contribution in [-0.2, 0) is 19.1 Å². The van der Waals surface area contributed by atoms with Gasteiger partial charge in [0.25, 0.3) is 0 Å². The molecule has 150 valence electrons. The third kappa shape index (κ3) is 8.54. The first-order valence-electron chi connectivity index (χ1n) is 9.89. The molecule has 0 aliphatic carbocycles. The molecule has 0 amide bonds. The Morgan fingerprint density at radius 2 is 1.96 bits per heavy atom. The van der Waals surface area contributed by atoms with Gasteiger partial charge in [-0.05, 0) is 39.5 Å². The summed E-state index contributed by atoms with van der Waals surface area (Å²) in [5.41, 5.74) is 0. The summed E-state index contributed by atoms with van der Waals surface area (Å²) in [6.07, 6.45) is 6.26. The van der Waals surface area contributed by atoms with Crippen LogP contribution in [0.2, 0.25) is 0 Å². The van der Waals surface area contributed by atoms with Crippen molar-refractivity contribution in [3.05, 3.63) is 0 Å². The number of aliphatic imine (C=N–C) groups is 1. The zero-order valence-electron chi connectivity index (χ0n) is 16.6. The minimum Gasteiger partial charge on any atom is -0.469 e. The Morgan fingerprint density at radius 1 is 1.19 bits per heavy atom. The highest BCUT2D eigenvalue weighted by atomic mass is 16.5. The van der Waals surface area contributed by atoms with Crippen LogP contribution in [0.1, 0.15) is 58.8 Å². The summed E-state index contributed by atoms with van der Waals surface area (Å²) in [5.74, 6) is 0.583. The number of likely N-dealkylation sites (tertiary alicyclic amines) is 1. The van der Waals surface area contributed by atoms with E-state index in [0.717, 1.165) is 64.1 Å². The standard InChI is InChI=1S/C19H35N3O4/c1-4-20-19(21-13-9-7-6-8-12-17(23)25-3)22-14-10-11-16(15-22)18(24)26-5-2/h16H,4-15H2,1-3H3,(H,20,21). The van der Waals surface area contributed by atoms with Crippen molar-refractivity contribution in [1.82, 2.24) is 10.2 Å². The number of methoxy groups -OCH3 is 1. The molecular formula is C19H35N3O4. The van der Waals surface area contributed by atoms with Crippen LogP contribution in [0.25, 0.3) is 0 Å². The average molecular weight is 370 g/mol. The van der Waals surface area contributed by atoms with E-state index in [9.17, 15) is 9.59 Å². The van der Waals surface area contributed by atoms with E-state index in [2.05, 4.69) is 21.9 Å². The van der Waals surface area contributed by atoms with Crippen LogP contribution >= 0.6 is 0 Å². The van der Waals surface area contributed by atoms with Crippen LogP contribution in [0.15, 0.2) is 4.99 Å². The molecule has 1 fully saturated rings. The summed E-state index contributed by atoms with van der Waals surface area (Å²) in [5, 5.41) is 3.33. The first kappa shape index (κ1) is 22.3. The molecule has 7 heteroatoms. The highest BCUT2D eigenvalue weighted by Crippen LogP contribution is 2.18. The molecule has 0 spiro atoms. The molecule has 1 N–H and O–H groups in total. The molecule has 0 saturated carbocycles. The number of hydrogen-bond donors (Lipinski definition) is 1. The largest absolute Gasteiger partial charge is 0.469 e. The van der Waals surface area contributed by atoms with E-state index < -0.39 is 0 Å². The maximum atomic E-state index is 12.0. The molecule has 0 aromatic heterocycles. The monoisotopic (exact) mass is 369 g/mol. The number of carbonyl (C=O) groups is 2. The Labute approximate surface area is 157 Å². The average Bonchev–Trinajstić information content (AvgIpc) is 2.66. The number of hydrogen-bond acceptors (Lipinski definition) is 5. The maximum absolute atomic E-state index is 12.0. The molecule has 1 aliphatic rings. The number of nitrogens with zero attached hydrogens (tertiary/aromatic N) is 2. The summed E-state index contributed by atoms with van der Waals surface area (Å²) in [7, 11) is 1.42. The van der Waals surface area contributed by atoms with E-state index in [1.807, 2.05) is 6.92 Å². The highest BCUT2D eigenvalue weighted by Gasteiger charge is 2.28. The van der Waals surface area contributed by atoms with Crippen molar-refractivity contribution < 1.29 is 19.1 Å². The zero-order chi connectivity index (χ0) is 19.2. The van der Waals surface area contributed by atoms with Crippen LogP contribution in [0.3, 0.4) is 0 Å². The quantitative estimate of drug-likeness (QED) is 0.276. The molecule has 1 unspecified atom stereocenters. The molecule has 7 nitrogen and oxygen atoms in total. The lowest BCUT2D eigenvalue weighted by Gasteiger charge is -2.34. The SMILES string of the molecule is CCNC(=NCCCCCCC(=O)OC)N1CCCC(C(=O)OCC)C1. The predicted octanol–water partition coefficient (Wildman–Crippen LogP) is 2.35. The number of carbonyl (C=O) groups excluding carboxylic acids is 2. The second kappa shape index (κ2) is 13.4. The van der Waals surface area contributed by atoms with Gasteiger partial charge in [0.1, 0.15) is 0 Å². The van der Waals surface area contributed by atoms with Gasteiger partial charge in [0.2, 0.25) is 0 Å². The van der Waals surface area contributed by atoms with Gasteiger partial charge in [-0.1, -0.05) is 12.8 Å². The summed E-state index contributed by atoms with van der Waals surface area (Å²) in [6.45, 7) is 7.47. The second-order valence-electron chi connectivity index (χ2n) is 6.51. The van der Waals surface area contributed by atoms with Crippen molar-refractivity contribution in [3.8, 4) is 0 Å². The van der Waals surface area contributed by atoms with E-state index in [1.54, 1.807) is 0 Å². The molecule has 0 aromatic rings. The van der Waals surface area contributed by atoms with Crippen molar-refractivity contribution in [2.75, 3.05) is 39.9 Å². The lowest BCUT2D eigenvalue weighted by Crippen LogP contribution is -2.48.